The third kappa shape index (κ3) is 3.59. The number of hydrogen-bond donors (Lipinski definition) is 0. The van der Waals surface area contributed by atoms with Gasteiger partial charge in [0.2, 0.25) is 0 Å². The summed E-state index contributed by atoms with van der Waals surface area (Å²) in [5.74, 6) is 0.792. The van der Waals surface area contributed by atoms with Gasteiger partial charge in [-0.15, -0.1) is 10.2 Å². The Morgan fingerprint density at radius 2 is 1.73 bits per heavy atom. The molecule has 0 fully saturated rings. The first-order valence-electron chi connectivity index (χ1n) is 9.12. The molecule has 2 aromatic carbocycles. The van der Waals surface area contributed by atoms with Gasteiger partial charge in [-0.2, -0.15) is 0 Å². The molecule has 0 unspecified atom stereocenters. The highest BCUT2D eigenvalue weighted by Gasteiger charge is 2.28. The van der Waals surface area contributed by atoms with Gasteiger partial charge in [0.15, 0.2) is 5.65 Å². The number of fused-ring (bicyclic) bond motifs is 1. The SMILES string of the molecule is COc1ccc(CN(c2ccc(F)cc2)S(=O)(=O)c2cccn3c(C)nnc23)cc1. The lowest BCUT2D eigenvalue weighted by atomic mass is 10.2. The predicted molar refractivity (Wildman–Crippen MR) is 110 cm³/mol. The molecule has 0 radical (unpaired) electrons. The molecule has 0 saturated carbocycles. The summed E-state index contributed by atoms with van der Waals surface area (Å²) in [6, 6.07) is 15.5. The van der Waals surface area contributed by atoms with E-state index in [0.29, 0.717) is 17.3 Å². The van der Waals surface area contributed by atoms with Crippen LogP contribution >= 0.6 is 0 Å². The summed E-state index contributed by atoms with van der Waals surface area (Å²) in [4.78, 5) is 0.0171. The van der Waals surface area contributed by atoms with Crippen molar-refractivity contribution in [3.05, 3.63) is 84.1 Å². The molecule has 0 aliphatic heterocycles. The number of anilines is 1. The van der Waals surface area contributed by atoms with Crippen molar-refractivity contribution in [1.82, 2.24) is 14.6 Å². The third-order valence-electron chi connectivity index (χ3n) is 4.74. The van der Waals surface area contributed by atoms with E-state index in [1.807, 2.05) is 0 Å². The van der Waals surface area contributed by atoms with Crippen molar-refractivity contribution in [1.29, 1.82) is 0 Å². The Kier molecular flexibility index (Phi) is 5.13. The summed E-state index contributed by atoms with van der Waals surface area (Å²) in [5, 5.41) is 8.02. The zero-order valence-electron chi connectivity index (χ0n) is 16.4. The topological polar surface area (TPSA) is 76.8 Å². The van der Waals surface area contributed by atoms with E-state index in [9.17, 15) is 12.8 Å². The molecule has 0 aliphatic carbocycles. The van der Waals surface area contributed by atoms with E-state index >= 15 is 0 Å². The number of nitrogens with zero attached hydrogens (tertiary/aromatic N) is 4. The van der Waals surface area contributed by atoms with Gasteiger partial charge in [0, 0.05) is 6.20 Å². The fourth-order valence-corrected chi connectivity index (χ4v) is 4.72. The zero-order valence-corrected chi connectivity index (χ0v) is 17.2. The van der Waals surface area contributed by atoms with E-state index in [0.717, 1.165) is 5.56 Å². The van der Waals surface area contributed by atoms with E-state index in [-0.39, 0.29) is 17.1 Å². The smallest absolute Gasteiger partial charge is 0.268 e. The van der Waals surface area contributed by atoms with Gasteiger partial charge in [-0.05, 0) is 61.0 Å². The average molecular weight is 426 g/mol. The first-order valence-corrected chi connectivity index (χ1v) is 10.6. The fourth-order valence-electron chi connectivity index (χ4n) is 3.15. The molecule has 7 nitrogen and oxygen atoms in total. The monoisotopic (exact) mass is 426 g/mol. The average Bonchev–Trinajstić information content (AvgIpc) is 3.14. The van der Waals surface area contributed by atoms with Gasteiger partial charge in [-0.25, -0.2) is 12.8 Å². The molecule has 0 amide bonds. The molecule has 0 atom stereocenters. The highest BCUT2D eigenvalue weighted by atomic mass is 32.2. The van der Waals surface area contributed by atoms with Crippen LogP contribution in [0, 0.1) is 12.7 Å². The molecule has 0 aliphatic rings. The highest BCUT2D eigenvalue weighted by Crippen LogP contribution is 2.28. The molecule has 30 heavy (non-hydrogen) atoms. The number of rotatable bonds is 6. The summed E-state index contributed by atoms with van der Waals surface area (Å²) < 4.78 is 48.9. The van der Waals surface area contributed by atoms with Gasteiger partial charge in [-0.1, -0.05) is 12.1 Å². The molecule has 2 heterocycles. The molecule has 0 spiro atoms. The number of halogens is 1. The molecular formula is C21H19FN4O3S. The number of benzene rings is 2. The summed E-state index contributed by atoms with van der Waals surface area (Å²) in [6.45, 7) is 1.79. The summed E-state index contributed by atoms with van der Waals surface area (Å²) in [7, 11) is -2.48. The zero-order chi connectivity index (χ0) is 21.3. The maximum Gasteiger partial charge on any atom is 0.268 e. The van der Waals surface area contributed by atoms with Crippen LogP contribution in [0.2, 0.25) is 0 Å². The second-order valence-electron chi connectivity index (χ2n) is 6.65. The van der Waals surface area contributed by atoms with Gasteiger partial charge < -0.3 is 4.74 Å². The Bertz CT molecular complexity index is 1290. The van der Waals surface area contributed by atoms with Crippen LogP contribution in [0.4, 0.5) is 10.1 Å². The molecule has 4 aromatic rings. The van der Waals surface area contributed by atoms with Crippen LogP contribution in [-0.2, 0) is 16.6 Å². The van der Waals surface area contributed by atoms with Crippen molar-refractivity contribution in [3.63, 3.8) is 0 Å². The Balaban J connectivity index is 1.83. The van der Waals surface area contributed by atoms with Crippen LogP contribution in [0.3, 0.4) is 0 Å². The van der Waals surface area contributed by atoms with E-state index in [1.165, 1.54) is 34.6 Å². The lowest BCUT2D eigenvalue weighted by Gasteiger charge is -2.25. The minimum atomic E-state index is -4.04. The van der Waals surface area contributed by atoms with Gasteiger partial charge in [-0.3, -0.25) is 8.71 Å². The van der Waals surface area contributed by atoms with E-state index in [4.69, 9.17) is 4.74 Å². The number of pyridine rings is 1. The maximum atomic E-state index is 13.7. The maximum absolute atomic E-state index is 13.7. The van der Waals surface area contributed by atoms with E-state index in [1.54, 1.807) is 55.0 Å². The number of ether oxygens (including phenoxy) is 1. The lowest BCUT2D eigenvalue weighted by molar-refractivity contribution is 0.414. The molecule has 0 N–H and O–H groups in total. The van der Waals surface area contributed by atoms with Crippen molar-refractivity contribution >= 4 is 21.4 Å². The number of aryl methyl sites for hydroxylation is 1. The number of sulfonamides is 1. The van der Waals surface area contributed by atoms with Crippen molar-refractivity contribution < 1.29 is 17.5 Å². The Hall–Kier alpha value is -3.46. The van der Waals surface area contributed by atoms with Crippen LogP contribution in [0.15, 0.2) is 71.8 Å². The van der Waals surface area contributed by atoms with Gasteiger partial charge in [0.05, 0.1) is 19.3 Å². The number of hydrogen-bond acceptors (Lipinski definition) is 5. The summed E-state index contributed by atoms with van der Waals surface area (Å²) in [5.41, 5.74) is 1.32. The van der Waals surface area contributed by atoms with E-state index in [2.05, 4.69) is 10.2 Å². The highest BCUT2D eigenvalue weighted by molar-refractivity contribution is 7.93. The fraction of sp³-hybridized carbons (Fsp3) is 0.143. The molecule has 9 heteroatoms. The molecule has 2 aromatic heterocycles. The minimum absolute atomic E-state index is 0.0171. The largest absolute Gasteiger partial charge is 0.497 e. The Morgan fingerprint density at radius 1 is 1.03 bits per heavy atom. The Labute approximate surface area is 173 Å². The molecule has 4 rings (SSSR count). The van der Waals surface area contributed by atoms with Crippen molar-refractivity contribution in [2.24, 2.45) is 0 Å². The van der Waals surface area contributed by atoms with Crippen molar-refractivity contribution in [2.75, 3.05) is 11.4 Å². The van der Waals surface area contributed by atoms with Gasteiger partial charge in [0.25, 0.3) is 10.0 Å². The predicted octanol–water partition coefficient (Wildman–Crippen LogP) is 3.58. The molecule has 0 saturated heterocycles. The lowest BCUT2D eigenvalue weighted by Crippen LogP contribution is -2.31. The first kappa shape index (κ1) is 19.8. The summed E-state index contributed by atoms with van der Waals surface area (Å²) in [6.07, 6.45) is 1.70. The molecule has 154 valence electrons. The van der Waals surface area contributed by atoms with Crippen LogP contribution in [0.5, 0.6) is 5.75 Å². The van der Waals surface area contributed by atoms with Crippen LogP contribution in [0.1, 0.15) is 11.4 Å². The quantitative estimate of drug-likeness (QED) is 0.471. The Morgan fingerprint density at radius 3 is 2.40 bits per heavy atom. The second kappa shape index (κ2) is 7.75. The second-order valence-corrected chi connectivity index (χ2v) is 8.48. The molecular weight excluding hydrogens is 407 g/mol. The van der Waals surface area contributed by atoms with Crippen molar-refractivity contribution in [3.8, 4) is 5.75 Å². The molecule has 0 bridgehead atoms. The van der Waals surface area contributed by atoms with Crippen LogP contribution in [0.25, 0.3) is 5.65 Å². The van der Waals surface area contributed by atoms with Gasteiger partial charge in [0.1, 0.15) is 22.3 Å². The number of aromatic nitrogens is 3. The summed E-state index contributed by atoms with van der Waals surface area (Å²) >= 11 is 0. The van der Waals surface area contributed by atoms with Gasteiger partial charge >= 0.3 is 0 Å². The standard InChI is InChI=1S/C21H19FN4O3S/c1-15-23-24-21-20(4-3-13-25(15)21)30(27,28)26(18-9-7-17(22)8-10-18)14-16-5-11-19(29-2)12-6-16/h3-13H,14H2,1-2H3. The van der Waals surface area contributed by atoms with Crippen molar-refractivity contribution in [2.45, 2.75) is 18.4 Å². The van der Waals surface area contributed by atoms with Crippen LogP contribution in [-0.4, -0.2) is 30.1 Å². The first-order chi connectivity index (χ1) is 14.4. The van der Waals surface area contributed by atoms with E-state index < -0.39 is 15.8 Å². The minimum Gasteiger partial charge on any atom is -0.497 e. The number of methoxy groups -OCH3 is 1. The van der Waals surface area contributed by atoms with Crippen LogP contribution < -0.4 is 9.04 Å². The normalized spacial score (nSPS) is 11.6. The third-order valence-corrected chi connectivity index (χ3v) is 6.53.